The van der Waals surface area contributed by atoms with Gasteiger partial charge in [0.2, 0.25) is 0 Å². The van der Waals surface area contributed by atoms with Crippen LogP contribution in [-0.4, -0.2) is 64.7 Å². The number of carboxylic acids is 1. The molecule has 1 fully saturated rings. The summed E-state index contributed by atoms with van der Waals surface area (Å²) >= 11 is 0. The number of aliphatic hydroxyl groups excluding tert-OH is 1. The van der Waals surface area contributed by atoms with Crippen LogP contribution in [0.15, 0.2) is 0 Å². The lowest BCUT2D eigenvalue weighted by atomic mass is 10.1. The quantitative estimate of drug-likeness (QED) is 0.776. The molecule has 2 atom stereocenters. The van der Waals surface area contributed by atoms with Gasteiger partial charge in [0.15, 0.2) is 0 Å². The van der Waals surface area contributed by atoms with E-state index < -0.39 is 36.2 Å². The molecule has 1 rings (SSSR count). The zero-order valence-electron chi connectivity index (χ0n) is 11.5. The number of hydrogen-bond acceptors (Lipinski definition) is 5. The highest BCUT2D eigenvalue weighted by Gasteiger charge is 2.36. The van der Waals surface area contributed by atoms with Crippen LogP contribution in [0.25, 0.3) is 0 Å². The highest BCUT2D eigenvalue weighted by Crippen LogP contribution is 2.17. The lowest BCUT2D eigenvalue weighted by Gasteiger charge is -2.38. The first-order valence-electron chi connectivity index (χ1n) is 6.18. The maximum atomic E-state index is 12.0. The zero-order valence-corrected chi connectivity index (χ0v) is 11.5. The van der Waals surface area contributed by atoms with Gasteiger partial charge in [0.25, 0.3) is 0 Å². The van der Waals surface area contributed by atoms with E-state index in [-0.39, 0.29) is 13.2 Å². The molecule has 0 aromatic heterocycles. The SMILES string of the molecule is CC(C)(C)OC(=O)N1CCOCC1[C@H](O)CC(=O)O. The fourth-order valence-corrected chi connectivity index (χ4v) is 1.80. The van der Waals surface area contributed by atoms with Crippen LogP contribution in [0.5, 0.6) is 0 Å². The van der Waals surface area contributed by atoms with Gasteiger partial charge >= 0.3 is 12.1 Å². The Labute approximate surface area is 112 Å². The fourth-order valence-electron chi connectivity index (χ4n) is 1.80. The molecule has 7 heteroatoms. The van der Waals surface area contributed by atoms with Crippen LogP contribution < -0.4 is 0 Å². The van der Waals surface area contributed by atoms with Gasteiger partial charge < -0.3 is 19.7 Å². The van der Waals surface area contributed by atoms with Gasteiger partial charge in [0.05, 0.1) is 31.8 Å². The number of aliphatic hydroxyl groups is 1. The lowest BCUT2D eigenvalue weighted by Crippen LogP contribution is -2.55. The molecule has 7 nitrogen and oxygen atoms in total. The van der Waals surface area contributed by atoms with Crippen molar-refractivity contribution < 1.29 is 29.3 Å². The number of ether oxygens (including phenoxy) is 2. The average molecular weight is 275 g/mol. The molecule has 0 bridgehead atoms. The Morgan fingerprint density at radius 1 is 1.47 bits per heavy atom. The van der Waals surface area contributed by atoms with Crippen LogP contribution in [0.2, 0.25) is 0 Å². The first kappa shape index (κ1) is 15.7. The van der Waals surface area contributed by atoms with Crippen molar-refractivity contribution in [3.63, 3.8) is 0 Å². The van der Waals surface area contributed by atoms with Crippen molar-refractivity contribution in [1.82, 2.24) is 4.90 Å². The van der Waals surface area contributed by atoms with Crippen LogP contribution in [0.1, 0.15) is 27.2 Å². The third-order valence-electron chi connectivity index (χ3n) is 2.62. The van der Waals surface area contributed by atoms with Crippen molar-refractivity contribution >= 4 is 12.1 Å². The molecule has 1 aliphatic heterocycles. The maximum Gasteiger partial charge on any atom is 0.410 e. The number of rotatable bonds is 3. The van der Waals surface area contributed by atoms with E-state index >= 15 is 0 Å². The highest BCUT2D eigenvalue weighted by atomic mass is 16.6. The van der Waals surface area contributed by atoms with Gasteiger partial charge in [0, 0.05) is 6.54 Å². The molecule has 1 saturated heterocycles. The minimum atomic E-state index is -1.18. The molecule has 0 spiro atoms. The van der Waals surface area contributed by atoms with E-state index in [0.717, 1.165) is 0 Å². The molecule has 19 heavy (non-hydrogen) atoms. The maximum absolute atomic E-state index is 12.0. The summed E-state index contributed by atoms with van der Waals surface area (Å²) < 4.78 is 10.4. The lowest BCUT2D eigenvalue weighted by molar-refractivity contribution is -0.141. The molecule has 110 valence electrons. The second-order valence-corrected chi connectivity index (χ2v) is 5.48. The van der Waals surface area contributed by atoms with Crippen LogP contribution in [0.3, 0.4) is 0 Å². The summed E-state index contributed by atoms with van der Waals surface area (Å²) in [5.41, 5.74) is -0.641. The largest absolute Gasteiger partial charge is 0.481 e. The van der Waals surface area contributed by atoms with Gasteiger partial charge in [0.1, 0.15) is 5.60 Å². The molecule has 1 aliphatic rings. The Hall–Kier alpha value is -1.34. The van der Waals surface area contributed by atoms with Gasteiger partial charge in [-0.05, 0) is 20.8 Å². The Morgan fingerprint density at radius 3 is 2.63 bits per heavy atom. The molecule has 0 aromatic rings. The first-order valence-corrected chi connectivity index (χ1v) is 6.18. The normalized spacial score (nSPS) is 21.9. The van der Waals surface area contributed by atoms with Crippen molar-refractivity contribution in [2.75, 3.05) is 19.8 Å². The molecule has 0 aliphatic carbocycles. The molecule has 1 unspecified atom stereocenters. The Bertz CT molecular complexity index is 338. The minimum Gasteiger partial charge on any atom is -0.481 e. The number of hydrogen-bond donors (Lipinski definition) is 2. The summed E-state index contributed by atoms with van der Waals surface area (Å²) in [7, 11) is 0. The Morgan fingerprint density at radius 2 is 2.11 bits per heavy atom. The van der Waals surface area contributed by atoms with Gasteiger partial charge in [-0.3, -0.25) is 9.69 Å². The van der Waals surface area contributed by atoms with E-state index in [1.165, 1.54) is 4.90 Å². The van der Waals surface area contributed by atoms with Crippen molar-refractivity contribution in [3.8, 4) is 0 Å². The van der Waals surface area contributed by atoms with E-state index in [4.69, 9.17) is 14.6 Å². The molecule has 0 radical (unpaired) electrons. The molecular formula is C12H21NO6. The number of carbonyl (C=O) groups excluding carboxylic acids is 1. The van der Waals surface area contributed by atoms with Crippen molar-refractivity contribution in [2.24, 2.45) is 0 Å². The Balaban J connectivity index is 2.71. The first-order chi connectivity index (χ1) is 8.70. The standard InChI is InChI=1S/C12H21NO6/c1-12(2,3)19-11(17)13-4-5-18-7-8(13)9(14)6-10(15)16/h8-9,14H,4-7H2,1-3H3,(H,15,16)/t8?,9-/m1/s1. The fraction of sp³-hybridized carbons (Fsp3) is 0.833. The molecule has 2 N–H and O–H groups in total. The summed E-state index contributed by atoms with van der Waals surface area (Å²) in [4.78, 5) is 24.0. The minimum absolute atomic E-state index is 0.105. The summed E-state index contributed by atoms with van der Waals surface area (Å²) in [5.74, 6) is -1.12. The van der Waals surface area contributed by atoms with Crippen molar-refractivity contribution in [2.45, 2.75) is 44.9 Å². The van der Waals surface area contributed by atoms with Gasteiger partial charge in [-0.15, -0.1) is 0 Å². The molecule has 0 aromatic carbocycles. The van der Waals surface area contributed by atoms with Crippen LogP contribution in [0, 0.1) is 0 Å². The summed E-state index contributed by atoms with van der Waals surface area (Å²) in [5, 5.41) is 18.5. The van der Waals surface area contributed by atoms with E-state index in [9.17, 15) is 14.7 Å². The van der Waals surface area contributed by atoms with Crippen LogP contribution in [0.4, 0.5) is 4.79 Å². The monoisotopic (exact) mass is 275 g/mol. The van der Waals surface area contributed by atoms with E-state index in [0.29, 0.717) is 6.61 Å². The molecular weight excluding hydrogens is 254 g/mol. The van der Waals surface area contributed by atoms with Crippen molar-refractivity contribution in [3.05, 3.63) is 0 Å². The van der Waals surface area contributed by atoms with E-state index in [2.05, 4.69) is 0 Å². The number of aliphatic carboxylic acids is 1. The zero-order chi connectivity index (χ0) is 14.6. The predicted molar refractivity (Wildman–Crippen MR) is 65.8 cm³/mol. The van der Waals surface area contributed by atoms with E-state index in [1.54, 1.807) is 20.8 Å². The van der Waals surface area contributed by atoms with Gasteiger partial charge in [-0.2, -0.15) is 0 Å². The third-order valence-corrected chi connectivity index (χ3v) is 2.62. The summed E-state index contributed by atoms with van der Waals surface area (Å²) in [6.07, 6.45) is -2.18. The average Bonchev–Trinajstić information content (AvgIpc) is 2.25. The third kappa shape index (κ3) is 5.04. The molecule has 0 saturated carbocycles. The predicted octanol–water partition coefficient (Wildman–Crippen LogP) is 0.458. The van der Waals surface area contributed by atoms with Crippen LogP contribution in [-0.2, 0) is 14.3 Å². The molecule has 1 amide bonds. The van der Waals surface area contributed by atoms with Crippen LogP contribution >= 0.6 is 0 Å². The topological polar surface area (TPSA) is 96.3 Å². The van der Waals surface area contributed by atoms with Crippen molar-refractivity contribution in [1.29, 1.82) is 0 Å². The number of carbonyl (C=O) groups is 2. The van der Waals surface area contributed by atoms with E-state index in [1.807, 2.05) is 0 Å². The van der Waals surface area contributed by atoms with Gasteiger partial charge in [-0.25, -0.2) is 4.79 Å². The number of amides is 1. The number of nitrogens with zero attached hydrogens (tertiary/aromatic N) is 1. The Kier molecular flexibility index (Phi) is 5.13. The summed E-state index contributed by atoms with van der Waals surface area (Å²) in [6, 6.07) is -0.695. The number of carboxylic acid groups (broad SMARTS) is 1. The summed E-state index contributed by atoms with van der Waals surface area (Å²) in [6.45, 7) is 5.95. The second kappa shape index (κ2) is 6.21. The molecule has 1 heterocycles. The second-order valence-electron chi connectivity index (χ2n) is 5.48. The highest BCUT2D eigenvalue weighted by molar-refractivity contribution is 5.70. The smallest absolute Gasteiger partial charge is 0.410 e. The van der Waals surface area contributed by atoms with Gasteiger partial charge in [-0.1, -0.05) is 0 Å². The number of morpholine rings is 1.